The van der Waals surface area contributed by atoms with Gasteiger partial charge >= 0.3 is 0 Å². The van der Waals surface area contributed by atoms with Gasteiger partial charge in [-0.05, 0) is 61.0 Å². The lowest BCUT2D eigenvalue weighted by Crippen LogP contribution is -2.24. The lowest BCUT2D eigenvalue weighted by atomic mass is 9.80. The van der Waals surface area contributed by atoms with Crippen LogP contribution in [0.5, 0.6) is 5.75 Å². The lowest BCUT2D eigenvalue weighted by Gasteiger charge is -2.28. The second-order valence-corrected chi connectivity index (χ2v) is 9.93. The first-order chi connectivity index (χ1) is 17.1. The van der Waals surface area contributed by atoms with Gasteiger partial charge < -0.3 is 15.2 Å². The minimum atomic E-state index is -0.652. The van der Waals surface area contributed by atoms with Gasteiger partial charge in [-0.1, -0.05) is 49.2 Å². The third kappa shape index (κ3) is 5.21. The zero-order chi connectivity index (χ0) is 26.0. The molecule has 4 aromatic rings. The number of aliphatic hydroxyl groups excluding tert-OH is 1. The van der Waals surface area contributed by atoms with Crippen LogP contribution >= 0.6 is 23.2 Å². The third-order valence-corrected chi connectivity index (χ3v) is 7.07. The monoisotopic (exact) mass is 527 g/mol. The zero-order valence-corrected chi connectivity index (χ0v) is 22.0. The summed E-state index contributed by atoms with van der Waals surface area (Å²) in [7, 11) is 1.59. The van der Waals surface area contributed by atoms with Crippen LogP contribution in [0.15, 0.2) is 66.9 Å². The molecule has 0 aliphatic rings. The van der Waals surface area contributed by atoms with Gasteiger partial charge in [0.05, 0.1) is 35.5 Å². The number of halogens is 3. The van der Waals surface area contributed by atoms with Crippen LogP contribution in [-0.2, 0) is 12.0 Å². The SMILES string of the molecule is COc1cc(C(C)(C)c2cnc(CNc3ccc(Cl)c(Cl)c3)n2-c2ccc(F)cc2)ccc1C(C)O. The topological polar surface area (TPSA) is 59.3 Å². The minimum absolute atomic E-state index is 0.311. The molecule has 0 aliphatic heterocycles. The van der Waals surface area contributed by atoms with Crippen LogP contribution in [0.4, 0.5) is 10.1 Å². The van der Waals surface area contributed by atoms with Crippen molar-refractivity contribution >= 4 is 28.9 Å². The van der Waals surface area contributed by atoms with E-state index in [0.29, 0.717) is 22.3 Å². The van der Waals surface area contributed by atoms with Gasteiger partial charge in [0.1, 0.15) is 17.4 Å². The van der Waals surface area contributed by atoms with Gasteiger partial charge in [0.25, 0.3) is 0 Å². The number of anilines is 1. The van der Waals surface area contributed by atoms with Crippen molar-refractivity contribution < 1.29 is 14.2 Å². The Kier molecular flexibility index (Phi) is 7.59. The van der Waals surface area contributed by atoms with Crippen molar-refractivity contribution in [1.82, 2.24) is 9.55 Å². The molecule has 5 nitrogen and oxygen atoms in total. The van der Waals surface area contributed by atoms with Crippen LogP contribution in [-0.4, -0.2) is 21.8 Å². The van der Waals surface area contributed by atoms with Crippen molar-refractivity contribution in [3.63, 3.8) is 0 Å². The molecule has 0 radical (unpaired) electrons. The smallest absolute Gasteiger partial charge is 0.132 e. The van der Waals surface area contributed by atoms with E-state index < -0.39 is 11.5 Å². The first-order valence-corrected chi connectivity index (χ1v) is 12.3. The molecule has 3 aromatic carbocycles. The van der Waals surface area contributed by atoms with Crippen molar-refractivity contribution in [3.05, 3.63) is 105 Å². The van der Waals surface area contributed by atoms with Crippen molar-refractivity contribution in [2.45, 2.75) is 38.8 Å². The van der Waals surface area contributed by atoms with Gasteiger partial charge in [-0.15, -0.1) is 0 Å². The molecule has 0 fully saturated rings. The van der Waals surface area contributed by atoms with E-state index in [1.54, 1.807) is 38.3 Å². The molecule has 8 heteroatoms. The number of benzene rings is 3. The summed E-state index contributed by atoms with van der Waals surface area (Å²) in [5.41, 5.74) is 3.69. The summed E-state index contributed by atoms with van der Waals surface area (Å²) >= 11 is 12.2. The minimum Gasteiger partial charge on any atom is -0.496 e. The summed E-state index contributed by atoms with van der Waals surface area (Å²) in [6.45, 7) is 6.29. The first kappa shape index (κ1) is 26.0. The fourth-order valence-corrected chi connectivity index (χ4v) is 4.51. The van der Waals surface area contributed by atoms with E-state index in [4.69, 9.17) is 32.9 Å². The molecule has 0 bridgehead atoms. The van der Waals surface area contributed by atoms with Gasteiger partial charge in [-0.2, -0.15) is 0 Å². The van der Waals surface area contributed by atoms with Gasteiger partial charge in [0.15, 0.2) is 0 Å². The van der Waals surface area contributed by atoms with E-state index in [2.05, 4.69) is 19.2 Å². The van der Waals surface area contributed by atoms with Crippen LogP contribution in [0.1, 0.15) is 49.5 Å². The van der Waals surface area contributed by atoms with E-state index in [1.165, 1.54) is 12.1 Å². The average molecular weight is 528 g/mol. The quantitative estimate of drug-likeness (QED) is 0.252. The highest BCUT2D eigenvalue weighted by Gasteiger charge is 2.30. The molecule has 1 aromatic heterocycles. The Bertz CT molecular complexity index is 1370. The summed E-state index contributed by atoms with van der Waals surface area (Å²) in [6, 6.07) is 17.5. The number of aromatic nitrogens is 2. The summed E-state index contributed by atoms with van der Waals surface area (Å²) in [4.78, 5) is 4.73. The maximum Gasteiger partial charge on any atom is 0.132 e. The Labute approximate surface area is 220 Å². The number of methoxy groups -OCH3 is 1. The molecule has 1 atom stereocenters. The van der Waals surface area contributed by atoms with Crippen LogP contribution in [0, 0.1) is 5.82 Å². The number of imidazole rings is 1. The normalized spacial score (nSPS) is 12.4. The molecule has 0 spiro atoms. The highest BCUT2D eigenvalue weighted by atomic mass is 35.5. The Morgan fingerprint density at radius 3 is 2.42 bits per heavy atom. The fourth-order valence-electron chi connectivity index (χ4n) is 4.21. The molecule has 1 heterocycles. The van der Waals surface area contributed by atoms with Crippen molar-refractivity contribution in [3.8, 4) is 11.4 Å². The molecular weight excluding hydrogens is 500 g/mol. The summed E-state index contributed by atoms with van der Waals surface area (Å²) in [5, 5.41) is 14.4. The molecule has 2 N–H and O–H groups in total. The predicted molar refractivity (Wildman–Crippen MR) is 143 cm³/mol. The summed E-state index contributed by atoms with van der Waals surface area (Å²) in [5.74, 6) is 1.04. The highest BCUT2D eigenvalue weighted by Crippen LogP contribution is 2.37. The maximum atomic E-state index is 13.8. The van der Waals surface area contributed by atoms with Crippen LogP contribution in [0.3, 0.4) is 0 Å². The average Bonchev–Trinajstić information content (AvgIpc) is 3.29. The van der Waals surface area contributed by atoms with E-state index in [1.807, 2.05) is 35.0 Å². The van der Waals surface area contributed by atoms with E-state index >= 15 is 0 Å². The van der Waals surface area contributed by atoms with E-state index in [9.17, 15) is 9.50 Å². The molecule has 4 rings (SSSR count). The standard InChI is InChI=1S/C28H28Cl2FN3O2/c1-17(35)22-11-5-18(13-25(22)36-4)28(2,3)26-15-33-27(34(26)21-9-6-19(31)7-10-21)16-32-20-8-12-23(29)24(30)14-20/h5-15,17,32,35H,16H2,1-4H3. The van der Waals surface area contributed by atoms with Crippen molar-refractivity contribution in [2.75, 3.05) is 12.4 Å². The Morgan fingerprint density at radius 2 is 1.78 bits per heavy atom. The molecular formula is C28H28Cl2FN3O2. The second kappa shape index (κ2) is 10.5. The maximum absolute atomic E-state index is 13.8. The second-order valence-electron chi connectivity index (χ2n) is 9.11. The number of ether oxygens (including phenoxy) is 1. The van der Waals surface area contributed by atoms with Gasteiger partial charge in [-0.3, -0.25) is 4.57 Å². The van der Waals surface area contributed by atoms with Crippen molar-refractivity contribution in [2.24, 2.45) is 0 Å². The fraction of sp³-hybridized carbons (Fsp3) is 0.250. The molecule has 0 saturated heterocycles. The summed E-state index contributed by atoms with van der Waals surface area (Å²) in [6.07, 6.45) is 1.19. The van der Waals surface area contributed by atoms with E-state index in [-0.39, 0.29) is 5.82 Å². The largest absolute Gasteiger partial charge is 0.496 e. The first-order valence-electron chi connectivity index (χ1n) is 11.5. The molecule has 0 amide bonds. The predicted octanol–water partition coefficient (Wildman–Crippen LogP) is 7.32. The third-order valence-electron chi connectivity index (χ3n) is 6.34. The van der Waals surface area contributed by atoms with Crippen LogP contribution < -0.4 is 10.1 Å². The van der Waals surface area contributed by atoms with Gasteiger partial charge in [-0.25, -0.2) is 9.37 Å². The number of nitrogens with zero attached hydrogens (tertiary/aromatic N) is 2. The number of hydrogen-bond donors (Lipinski definition) is 2. The molecule has 0 aliphatic carbocycles. The van der Waals surface area contributed by atoms with Gasteiger partial charge in [0, 0.05) is 28.6 Å². The Balaban J connectivity index is 1.77. The van der Waals surface area contributed by atoms with Crippen LogP contribution in [0.2, 0.25) is 10.0 Å². The van der Waals surface area contributed by atoms with Crippen LogP contribution in [0.25, 0.3) is 5.69 Å². The van der Waals surface area contributed by atoms with Crippen molar-refractivity contribution in [1.29, 1.82) is 0 Å². The van der Waals surface area contributed by atoms with E-state index in [0.717, 1.165) is 34.0 Å². The lowest BCUT2D eigenvalue weighted by molar-refractivity contribution is 0.194. The summed E-state index contributed by atoms with van der Waals surface area (Å²) < 4.78 is 21.3. The molecule has 0 saturated carbocycles. The molecule has 36 heavy (non-hydrogen) atoms. The highest BCUT2D eigenvalue weighted by molar-refractivity contribution is 6.42. The number of aliphatic hydroxyl groups is 1. The Hall–Kier alpha value is -3.06. The zero-order valence-electron chi connectivity index (χ0n) is 20.5. The molecule has 188 valence electrons. The molecule has 1 unspecified atom stereocenters. The number of hydrogen-bond acceptors (Lipinski definition) is 4. The Morgan fingerprint density at radius 1 is 1.06 bits per heavy atom. The number of rotatable bonds is 8. The van der Waals surface area contributed by atoms with Gasteiger partial charge in [0.2, 0.25) is 0 Å². The number of nitrogens with one attached hydrogen (secondary N) is 1.